The molecule has 0 spiro atoms. The lowest BCUT2D eigenvalue weighted by Gasteiger charge is -2.29. The van der Waals surface area contributed by atoms with Gasteiger partial charge in [0.25, 0.3) is 0 Å². The van der Waals surface area contributed by atoms with E-state index in [1.54, 1.807) is 0 Å². The first-order valence-electron chi connectivity index (χ1n) is 6.04. The second kappa shape index (κ2) is 4.42. The van der Waals surface area contributed by atoms with Crippen molar-refractivity contribution >= 4 is 5.91 Å². The summed E-state index contributed by atoms with van der Waals surface area (Å²) < 4.78 is 0. The van der Waals surface area contributed by atoms with Crippen LogP contribution < -0.4 is 5.32 Å². The van der Waals surface area contributed by atoms with E-state index in [1.807, 2.05) is 0 Å². The van der Waals surface area contributed by atoms with E-state index in [9.17, 15) is 4.79 Å². The molecule has 16 heavy (non-hydrogen) atoms. The van der Waals surface area contributed by atoms with Gasteiger partial charge in [0.05, 0.1) is 6.07 Å². The zero-order valence-corrected chi connectivity index (χ0v) is 9.83. The largest absolute Gasteiger partial charge is 0.354 e. The Morgan fingerprint density at radius 3 is 2.94 bits per heavy atom. The Morgan fingerprint density at radius 2 is 2.38 bits per heavy atom. The molecule has 0 aromatic rings. The summed E-state index contributed by atoms with van der Waals surface area (Å²) in [6, 6.07) is 2.13. The van der Waals surface area contributed by atoms with E-state index in [2.05, 4.69) is 23.3 Å². The lowest BCUT2D eigenvalue weighted by Crippen LogP contribution is -2.41. The first-order chi connectivity index (χ1) is 7.66. The minimum atomic E-state index is -0.666. The molecule has 88 valence electrons. The third-order valence-corrected chi connectivity index (χ3v) is 3.67. The normalized spacial score (nSPS) is 28.1. The molecule has 0 bridgehead atoms. The van der Waals surface area contributed by atoms with Crippen molar-refractivity contribution in [2.75, 3.05) is 26.7 Å². The smallest absolute Gasteiger partial charge is 0.240 e. The molecule has 2 aliphatic rings. The van der Waals surface area contributed by atoms with Crippen LogP contribution in [0.1, 0.15) is 25.7 Å². The number of hydrogen-bond donors (Lipinski definition) is 1. The number of piperidine rings is 1. The van der Waals surface area contributed by atoms with Crippen molar-refractivity contribution in [1.29, 1.82) is 5.26 Å². The van der Waals surface area contributed by atoms with E-state index in [0.717, 1.165) is 32.5 Å². The number of likely N-dealkylation sites (tertiary alicyclic amines) is 1. The molecule has 1 aliphatic heterocycles. The van der Waals surface area contributed by atoms with E-state index in [1.165, 1.54) is 12.8 Å². The van der Waals surface area contributed by atoms with Gasteiger partial charge in [-0.3, -0.25) is 4.79 Å². The fourth-order valence-electron chi connectivity index (χ4n) is 2.36. The van der Waals surface area contributed by atoms with Crippen LogP contribution in [0.2, 0.25) is 0 Å². The van der Waals surface area contributed by atoms with Crippen molar-refractivity contribution < 1.29 is 4.79 Å². The number of carbonyl (C=O) groups is 1. The Bertz CT molecular complexity index is 317. The van der Waals surface area contributed by atoms with Gasteiger partial charge in [0.2, 0.25) is 5.91 Å². The van der Waals surface area contributed by atoms with Crippen LogP contribution in [0.3, 0.4) is 0 Å². The molecular weight excluding hydrogens is 202 g/mol. The third-order valence-electron chi connectivity index (χ3n) is 3.67. The average molecular weight is 221 g/mol. The van der Waals surface area contributed by atoms with Crippen molar-refractivity contribution in [2.24, 2.45) is 11.3 Å². The highest BCUT2D eigenvalue weighted by Gasteiger charge is 2.50. The molecule has 1 amide bonds. The first-order valence-corrected chi connectivity index (χ1v) is 6.04. The Hall–Kier alpha value is -1.08. The minimum Gasteiger partial charge on any atom is -0.354 e. The number of amides is 1. The minimum absolute atomic E-state index is 0.0526. The van der Waals surface area contributed by atoms with Crippen molar-refractivity contribution in [1.82, 2.24) is 10.2 Å². The van der Waals surface area contributed by atoms with Crippen molar-refractivity contribution in [3.63, 3.8) is 0 Å². The van der Waals surface area contributed by atoms with Crippen molar-refractivity contribution in [2.45, 2.75) is 25.7 Å². The summed E-state index contributed by atoms with van der Waals surface area (Å²) in [5, 5.41) is 11.8. The van der Waals surface area contributed by atoms with E-state index >= 15 is 0 Å². The van der Waals surface area contributed by atoms with Crippen molar-refractivity contribution in [3.05, 3.63) is 0 Å². The van der Waals surface area contributed by atoms with Crippen LogP contribution in [0, 0.1) is 22.7 Å². The maximum atomic E-state index is 11.7. The zero-order chi connectivity index (χ0) is 11.6. The quantitative estimate of drug-likeness (QED) is 0.765. The molecule has 0 aromatic carbocycles. The van der Waals surface area contributed by atoms with Crippen LogP contribution in [0.15, 0.2) is 0 Å². The number of hydrogen-bond acceptors (Lipinski definition) is 3. The molecule has 1 saturated heterocycles. The van der Waals surface area contributed by atoms with Gasteiger partial charge in [-0.15, -0.1) is 0 Å². The fourth-order valence-corrected chi connectivity index (χ4v) is 2.36. The van der Waals surface area contributed by atoms with Gasteiger partial charge < -0.3 is 10.2 Å². The molecule has 4 nitrogen and oxygen atoms in total. The summed E-state index contributed by atoms with van der Waals surface area (Å²) in [5.74, 6) is 0.500. The first kappa shape index (κ1) is 11.4. The monoisotopic (exact) mass is 221 g/mol. The molecule has 1 unspecified atom stereocenters. The highest BCUT2D eigenvalue weighted by Crippen LogP contribution is 2.44. The SMILES string of the molecule is CN1CCCC(CNC(=O)C2(C#N)CC2)C1. The van der Waals surface area contributed by atoms with Crippen LogP contribution in [0.25, 0.3) is 0 Å². The van der Waals surface area contributed by atoms with Crippen molar-refractivity contribution in [3.8, 4) is 6.07 Å². The fraction of sp³-hybridized carbons (Fsp3) is 0.833. The molecule has 1 aliphatic carbocycles. The topological polar surface area (TPSA) is 56.1 Å². The standard InChI is InChI=1S/C12H19N3O/c1-15-6-2-3-10(8-15)7-14-11(16)12(9-13)4-5-12/h10H,2-8H2,1H3,(H,14,16). The summed E-state index contributed by atoms with van der Waals surface area (Å²) in [4.78, 5) is 14.0. The molecule has 1 atom stereocenters. The summed E-state index contributed by atoms with van der Waals surface area (Å²) in [6.07, 6.45) is 3.87. The summed E-state index contributed by atoms with van der Waals surface area (Å²) >= 11 is 0. The molecule has 1 heterocycles. The summed E-state index contributed by atoms with van der Waals surface area (Å²) in [5.41, 5.74) is -0.666. The average Bonchev–Trinajstić information content (AvgIpc) is 3.07. The number of nitrogens with one attached hydrogen (secondary N) is 1. The Kier molecular flexibility index (Phi) is 3.15. The van der Waals surface area contributed by atoms with Crippen LogP contribution >= 0.6 is 0 Å². The molecule has 1 saturated carbocycles. The summed E-state index contributed by atoms with van der Waals surface area (Å²) in [7, 11) is 2.12. The predicted molar refractivity (Wildman–Crippen MR) is 60.5 cm³/mol. The molecule has 0 aromatic heterocycles. The Labute approximate surface area is 96.6 Å². The van der Waals surface area contributed by atoms with Crippen LogP contribution in [0.5, 0.6) is 0 Å². The maximum Gasteiger partial charge on any atom is 0.240 e. The van der Waals surface area contributed by atoms with E-state index in [4.69, 9.17) is 5.26 Å². The second-order valence-corrected chi connectivity index (χ2v) is 5.17. The molecule has 4 heteroatoms. The second-order valence-electron chi connectivity index (χ2n) is 5.17. The highest BCUT2D eigenvalue weighted by molar-refractivity contribution is 5.88. The predicted octanol–water partition coefficient (Wildman–Crippen LogP) is 0.748. The number of nitriles is 1. The van der Waals surface area contributed by atoms with Gasteiger partial charge in [0.15, 0.2) is 0 Å². The third kappa shape index (κ3) is 2.35. The van der Waals surface area contributed by atoms with Gasteiger partial charge in [0.1, 0.15) is 5.41 Å². The van der Waals surface area contributed by atoms with Gasteiger partial charge in [-0.2, -0.15) is 5.26 Å². The Balaban J connectivity index is 1.75. The van der Waals surface area contributed by atoms with E-state index in [-0.39, 0.29) is 5.91 Å². The van der Waals surface area contributed by atoms with Gasteiger partial charge in [-0.05, 0) is 45.2 Å². The molecule has 2 rings (SSSR count). The van der Waals surface area contributed by atoms with Crippen LogP contribution in [-0.4, -0.2) is 37.5 Å². The maximum absolute atomic E-state index is 11.7. The zero-order valence-electron chi connectivity index (χ0n) is 9.83. The van der Waals surface area contributed by atoms with Gasteiger partial charge in [0, 0.05) is 13.1 Å². The molecule has 2 fully saturated rings. The van der Waals surface area contributed by atoms with E-state index in [0.29, 0.717) is 5.92 Å². The molecule has 0 radical (unpaired) electrons. The van der Waals surface area contributed by atoms with Gasteiger partial charge in [-0.1, -0.05) is 0 Å². The summed E-state index contributed by atoms with van der Waals surface area (Å²) in [6.45, 7) is 2.94. The van der Waals surface area contributed by atoms with Gasteiger partial charge in [-0.25, -0.2) is 0 Å². The Morgan fingerprint density at radius 1 is 1.62 bits per heavy atom. The van der Waals surface area contributed by atoms with Crippen LogP contribution in [-0.2, 0) is 4.79 Å². The molecular formula is C12H19N3O. The number of rotatable bonds is 3. The molecule has 1 N–H and O–H groups in total. The highest BCUT2D eigenvalue weighted by atomic mass is 16.2. The van der Waals surface area contributed by atoms with E-state index < -0.39 is 5.41 Å². The van der Waals surface area contributed by atoms with Crippen LogP contribution in [0.4, 0.5) is 0 Å². The lowest BCUT2D eigenvalue weighted by atomic mass is 9.98. The number of nitrogens with zero attached hydrogens (tertiary/aromatic N) is 2. The number of carbonyl (C=O) groups excluding carboxylic acids is 1. The lowest BCUT2D eigenvalue weighted by molar-refractivity contribution is -0.124. The van der Waals surface area contributed by atoms with Gasteiger partial charge >= 0.3 is 0 Å².